The summed E-state index contributed by atoms with van der Waals surface area (Å²) in [5.74, 6) is 0.529. The lowest BCUT2D eigenvalue weighted by Gasteiger charge is -2.38. The smallest absolute Gasteiger partial charge is 0.410 e. The zero-order chi connectivity index (χ0) is 13.1. The monoisotopic (exact) mass is 242 g/mol. The maximum Gasteiger partial charge on any atom is 0.410 e. The van der Waals surface area contributed by atoms with Crippen molar-refractivity contribution in [3.05, 3.63) is 0 Å². The average molecular weight is 242 g/mol. The molecule has 0 aliphatic carbocycles. The predicted octanol–water partition coefficient (Wildman–Crippen LogP) is 2.24. The molecule has 0 aromatic carbocycles. The van der Waals surface area contributed by atoms with Gasteiger partial charge in [0.15, 0.2) is 0 Å². The Bertz CT molecular complexity index is 261. The number of likely N-dealkylation sites (tertiary alicyclic amines) is 1. The fourth-order valence-corrected chi connectivity index (χ4v) is 2.32. The molecule has 1 N–H and O–H groups in total. The van der Waals surface area contributed by atoms with Crippen LogP contribution in [-0.2, 0) is 4.74 Å². The maximum atomic E-state index is 12.0. The van der Waals surface area contributed by atoms with Gasteiger partial charge in [0.2, 0.25) is 0 Å². The van der Waals surface area contributed by atoms with Crippen LogP contribution in [0.5, 0.6) is 0 Å². The van der Waals surface area contributed by atoms with Gasteiger partial charge in [0.1, 0.15) is 5.60 Å². The SMILES string of the molecule is CCC1CN(C(=O)OC(C)(C)C)CCC1NC. The second-order valence-electron chi connectivity index (χ2n) is 5.78. The molecular weight excluding hydrogens is 216 g/mol. The molecule has 0 spiro atoms. The van der Waals surface area contributed by atoms with Crippen LogP contribution in [0, 0.1) is 5.92 Å². The second kappa shape index (κ2) is 5.71. The van der Waals surface area contributed by atoms with Crippen LogP contribution >= 0.6 is 0 Å². The lowest BCUT2D eigenvalue weighted by Crippen LogP contribution is -2.51. The van der Waals surface area contributed by atoms with Gasteiger partial charge in [0.25, 0.3) is 0 Å². The van der Waals surface area contributed by atoms with Crippen LogP contribution in [-0.4, -0.2) is 42.8 Å². The molecule has 1 aliphatic rings. The molecule has 100 valence electrons. The van der Waals surface area contributed by atoms with Crippen molar-refractivity contribution >= 4 is 6.09 Å². The number of piperidine rings is 1. The molecular formula is C13H26N2O2. The van der Waals surface area contributed by atoms with Crippen molar-refractivity contribution < 1.29 is 9.53 Å². The Balaban J connectivity index is 2.54. The van der Waals surface area contributed by atoms with Crippen molar-refractivity contribution in [2.75, 3.05) is 20.1 Å². The van der Waals surface area contributed by atoms with Gasteiger partial charge in [-0.05, 0) is 40.2 Å². The van der Waals surface area contributed by atoms with E-state index >= 15 is 0 Å². The highest BCUT2D eigenvalue weighted by atomic mass is 16.6. The summed E-state index contributed by atoms with van der Waals surface area (Å²) in [4.78, 5) is 13.8. The summed E-state index contributed by atoms with van der Waals surface area (Å²) in [6, 6.07) is 0.527. The number of carbonyl (C=O) groups excluding carboxylic acids is 1. The van der Waals surface area contributed by atoms with E-state index in [9.17, 15) is 4.79 Å². The van der Waals surface area contributed by atoms with Crippen molar-refractivity contribution in [2.45, 2.75) is 52.2 Å². The van der Waals surface area contributed by atoms with Crippen molar-refractivity contribution in [2.24, 2.45) is 5.92 Å². The van der Waals surface area contributed by atoms with Gasteiger partial charge in [0.05, 0.1) is 0 Å². The highest BCUT2D eigenvalue weighted by Crippen LogP contribution is 2.21. The average Bonchev–Trinajstić information content (AvgIpc) is 2.25. The Hall–Kier alpha value is -0.770. The summed E-state index contributed by atoms with van der Waals surface area (Å²) in [7, 11) is 2.00. The molecule has 1 saturated heterocycles. The van der Waals surface area contributed by atoms with Gasteiger partial charge in [-0.1, -0.05) is 13.3 Å². The van der Waals surface area contributed by atoms with Gasteiger partial charge in [-0.3, -0.25) is 0 Å². The molecule has 1 fully saturated rings. The fraction of sp³-hybridized carbons (Fsp3) is 0.923. The first-order valence-electron chi connectivity index (χ1n) is 6.52. The molecule has 2 atom stereocenters. The lowest BCUT2D eigenvalue weighted by molar-refractivity contribution is 0.0133. The Morgan fingerprint density at radius 1 is 1.47 bits per heavy atom. The number of carbonyl (C=O) groups is 1. The minimum absolute atomic E-state index is 0.175. The van der Waals surface area contributed by atoms with Crippen LogP contribution in [0.4, 0.5) is 4.79 Å². The molecule has 0 aromatic heterocycles. The van der Waals surface area contributed by atoms with Crippen LogP contribution in [0.3, 0.4) is 0 Å². The normalized spacial score (nSPS) is 25.8. The molecule has 2 unspecified atom stereocenters. The van der Waals surface area contributed by atoms with E-state index in [-0.39, 0.29) is 6.09 Å². The minimum atomic E-state index is -0.404. The summed E-state index contributed by atoms with van der Waals surface area (Å²) in [5.41, 5.74) is -0.404. The van der Waals surface area contributed by atoms with Crippen LogP contribution in [0.15, 0.2) is 0 Å². The van der Waals surface area contributed by atoms with Crippen LogP contribution in [0.1, 0.15) is 40.5 Å². The molecule has 1 rings (SSSR count). The summed E-state index contributed by atoms with van der Waals surface area (Å²) in [5, 5.41) is 3.33. The highest BCUT2D eigenvalue weighted by molar-refractivity contribution is 5.68. The number of amides is 1. The molecule has 1 aliphatic heterocycles. The third-order valence-electron chi connectivity index (χ3n) is 3.28. The van der Waals surface area contributed by atoms with Crippen LogP contribution < -0.4 is 5.32 Å². The predicted molar refractivity (Wildman–Crippen MR) is 69.1 cm³/mol. The number of hydrogen-bond donors (Lipinski definition) is 1. The first kappa shape index (κ1) is 14.3. The molecule has 4 nitrogen and oxygen atoms in total. The molecule has 0 bridgehead atoms. The summed E-state index contributed by atoms with van der Waals surface area (Å²) < 4.78 is 5.41. The van der Waals surface area contributed by atoms with Crippen LogP contribution in [0.2, 0.25) is 0 Å². The molecule has 0 aromatic rings. The van der Waals surface area contributed by atoms with Gasteiger partial charge in [0, 0.05) is 19.1 Å². The van der Waals surface area contributed by atoms with Crippen molar-refractivity contribution in [1.82, 2.24) is 10.2 Å². The van der Waals surface area contributed by atoms with Crippen molar-refractivity contribution in [1.29, 1.82) is 0 Å². The highest BCUT2D eigenvalue weighted by Gasteiger charge is 2.31. The summed E-state index contributed by atoms with van der Waals surface area (Å²) in [6.45, 7) is 9.48. The molecule has 1 amide bonds. The fourth-order valence-electron chi connectivity index (χ4n) is 2.32. The molecule has 1 heterocycles. The standard InChI is InChI=1S/C13H26N2O2/c1-6-10-9-15(8-7-11(10)14-5)12(16)17-13(2,3)4/h10-11,14H,6-9H2,1-5H3. The molecule has 17 heavy (non-hydrogen) atoms. The van der Waals surface area contributed by atoms with Gasteiger partial charge >= 0.3 is 6.09 Å². The van der Waals surface area contributed by atoms with Gasteiger partial charge in [-0.25, -0.2) is 4.79 Å². The van der Waals surface area contributed by atoms with Crippen LogP contribution in [0.25, 0.3) is 0 Å². The summed E-state index contributed by atoms with van der Waals surface area (Å²) in [6.07, 6.45) is 1.92. The second-order valence-corrected chi connectivity index (χ2v) is 5.78. The van der Waals surface area contributed by atoms with Gasteiger partial charge in [-0.15, -0.1) is 0 Å². The van der Waals surface area contributed by atoms with E-state index in [4.69, 9.17) is 4.74 Å². The first-order valence-corrected chi connectivity index (χ1v) is 6.52. The Morgan fingerprint density at radius 2 is 2.12 bits per heavy atom. The van der Waals surface area contributed by atoms with E-state index in [1.54, 1.807) is 0 Å². The van der Waals surface area contributed by atoms with E-state index < -0.39 is 5.60 Å². The van der Waals surface area contributed by atoms with Crippen molar-refractivity contribution in [3.63, 3.8) is 0 Å². The lowest BCUT2D eigenvalue weighted by atomic mass is 9.90. The minimum Gasteiger partial charge on any atom is -0.444 e. The Morgan fingerprint density at radius 3 is 2.59 bits per heavy atom. The van der Waals surface area contributed by atoms with Gasteiger partial charge in [-0.2, -0.15) is 0 Å². The third-order valence-corrected chi connectivity index (χ3v) is 3.28. The number of ether oxygens (including phenoxy) is 1. The Labute approximate surface area is 105 Å². The molecule has 0 saturated carbocycles. The number of rotatable bonds is 2. The quantitative estimate of drug-likeness (QED) is 0.807. The number of nitrogens with zero attached hydrogens (tertiary/aromatic N) is 1. The number of nitrogens with one attached hydrogen (secondary N) is 1. The van der Waals surface area contributed by atoms with Gasteiger partial charge < -0.3 is 15.0 Å². The van der Waals surface area contributed by atoms with E-state index in [0.29, 0.717) is 12.0 Å². The first-order chi connectivity index (χ1) is 7.87. The third kappa shape index (κ3) is 4.19. The molecule has 0 radical (unpaired) electrons. The van der Waals surface area contributed by atoms with E-state index in [1.807, 2.05) is 32.7 Å². The number of hydrogen-bond acceptors (Lipinski definition) is 3. The summed E-state index contributed by atoms with van der Waals surface area (Å²) >= 11 is 0. The zero-order valence-corrected chi connectivity index (χ0v) is 11.7. The van der Waals surface area contributed by atoms with Crippen molar-refractivity contribution in [3.8, 4) is 0 Å². The largest absolute Gasteiger partial charge is 0.444 e. The van der Waals surface area contributed by atoms with E-state index in [2.05, 4.69) is 12.2 Å². The topological polar surface area (TPSA) is 41.6 Å². The van der Waals surface area contributed by atoms with E-state index in [0.717, 1.165) is 25.9 Å². The molecule has 4 heteroatoms. The Kier molecular flexibility index (Phi) is 4.80. The maximum absolute atomic E-state index is 12.0. The zero-order valence-electron chi connectivity index (χ0n) is 11.7. The van der Waals surface area contributed by atoms with E-state index in [1.165, 1.54) is 0 Å².